The molecule has 1 aromatic rings. The number of hydrogen-bond acceptors (Lipinski definition) is 3. The molecule has 0 bridgehead atoms. The van der Waals surface area contributed by atoms with E-state index in [9.17, 15) is 4.79 Å². The first-order chi connectivity index (χ1) is 9.69. The van der Waals surface area contributed by atoms with E-state index in [0.717, 1.165) is 18.4 Å². The summed E-state index contributed by atoms with van der Waals surface area (Å²) in [4.78, 5) is 14.0. The first-order valence-corrected chi connectivity index (χ1v) is 7.43. The molecule has 1 amide bonds. The van der Waals surface area contributed by atoms with Gasteiger partial charge in [0, 0.05) is 24.2 Å². The molecule has 1 aliphatic carbocycles. The molecule has 110 valence electrons. The van der Waals surface area contributed by atoms with Gasteiger partial charge < -0.3 is 10.4 Å². The molecule has 0 saturated heterocycles. The number of aliphatic hydroxyl groups is 1. The van der Waals surface area contributed by atoms with Crippen LogP contribution in [0.1, 0.15) is 24.8 Å². The van der Waals surface area contributed by atoms with Crippen molar-refractivity contribution in [3.63, 3.8) is 0 Å². The number of amides is 1. The van der Waals surface area contributed by atoms with Gasteiger partial charge in [-0.1, -0.05) is 30.2 Å². The van der Waals surface area contributed by atoms with E-state index in [1.54, 1.807) is 0 Å². The number of carbonyl (C=O) groups is 1. The summed E-state index contributed by atoms with van der Waals surface area (Å²) < 4.78 is 0. The standard InChI is InChI=1S/C15H21ClN2O2/c16-13-6-4-12(5-7-13)10-17-15(20)11-18(8-9-19)14-2-1-3-14/h4-7,14,19H,1-3,8-11H2,(H,17,20). The van der Waals surface area contributed by atoms with E-state index < -0.39 is 0 Å². The van der Waals surface area contributed by atoms with Crippen molar-refractivity contribution in [1.82, 2.24) is 10.2 Å². The highest BCUT2D eigenvalue weighted by Gasteiger charge is 2.25. The lowest BCUT2D eigenvalue weighted by molar-refractivity contribution is -0.123. The van der Waals surface area contributed by atoms with Gasteiger partial charge in [-0.05, 0) is 30.5 Å². The minimum Gasteiger partial charge on any atom is -0.395 e. The Morgan fingerprint density at radius 1 is 1.35 bits per heavy atom. The molecule has 4 nitrogen and oxygen atoms in total. The summed E-state index contributed by atoms with van der Waals surface area (Å²) in [6.45, 7) is 1.53. The van der Waals surface area contributed by atoms with Crippen molar-refractivity contribution in [2.45, 2.75) is 31.8 Å². The van der Waals surface area contributed by atoms with Crippen LogP contribution in [0.4, 0.5) is 0 Å². The van der Waals surface area contributed by atoms with Crippen LogP contribution in [0.5, 0.6) is 0 Å². The Labute approximate surface area is 124 Å². The quantitative estimate of drug-likeness (QED) is 0.807. The number of halogens is 1. The van der Waals surface area contributed by atoms with Crippen molar-refractivity contribution in [3.05, 3.63) is 34.9 Å². The lowest BCUT2D eigenvalue weighted by Gasteiger charge is -2.36. The van der Waals surface area contributed by atoms with Crippen LogP contribution < -0.4 is 5.32 Å². The second-order valence-corrected chi connectivity index (χ2v) is 5.62. The van der Waals surface area contributed by atoms with Gasteiger partial charge in [0.2, 0.25) is 5.91 Å². The Hall–Kier alpha value is -1.10. The summed E-state index contributed by atoms with van der Waals surface area (Å²) in [6, 6.07) is 7.90. The largest absolute Gasteiger partial charge is 0.395 e. The topological polar surface area (TPSA) is 52.6 Å². The van der Waals surface area contributed by atoms with Crippen molar-refractivity contribution in [3.8, 4) is 0 Å². The Morgan fingerprint density at radius 2 is 2.05 bits per heavy atom. The molecule has 0 aromatic heterocycles. The van der Waals surface area contributed by atoms with E-state index in [0.29, 0.717) is 30.7 Å². The number of aliphatic hydroxyl groups excluding tert-OH is 1. The van der Waals surface area contributed by atoms with Crippen LogP contribution in [-0.4, -0.2) is 41.7 Å². The molecule has 0 spiro atoms. The van der Waals surface area contributed by atoms with Crippen molar-refractivity contribution < 1.29 is 9.90 Å². The van der Waals surface area contributed by atoms with Crippen LogP contribution in [0.15, 0.2) is 24.3 Å². The van der Waals surface area contributed by atoms with Gasteiger partial charge in [-0.15, -0.1) is 0 Å². The smallest absolute Gasteiger partial charge is 0.234 e. The molecule has 0 radical (unpaired) electrons. The van der Waals surface area contributed by atoms with Gasteiger partial charge in [0.1, 0.15) is 0 Å². The first kappa shape index (κ1) is 15.3. The third kappa shape index (κ3) is 4.47. The lowest BCUT2D eigenvalue weighted by Crippen LogP contribution is -2.47. The molecule has 1 fully saturated rings. The Bertz CT molecular complexity index is 432. The average molecular weight is 297 g/mol. The van der Waals surface area contributed by atoms with Gasteiger partial charge in [0.15, 0.2) is 0 Å². The molecular formula is C15H21ClN2O2. The van der Waals surface area contributed by atoms with Gasteiger partial charge in [-0.25, -0.2) is 0 Å². The van der Waals surface area contributed by atoms with Crippen molar-refractivity contribution in [2.24, 2.45) is 0 Å². The van der Waals surface area contributed by atoms with Crippen LogP contribution in [0, 0.1) is 0 Å². The van der Waals surface area contributed by atoms with E-state index in [1.807, 2.05) is 24.3 Å². The predicted molar refractivity (Wildman–Crippen MR) is 79.6 cm³/mol. The van der Waals surface area contributed by atoms with Gasteiger partial charge in [-0.2, -0.15) is 0 Å². The van der Waals surface area contributed by atoms with Crippen LogP contribution in [0.3, 0.4) is 0 Å². The van der Waals surface area contributed by atoms with E-state index in [4.69, 9.17) is 16.7 Å². The zero-order valence-electron chi connectivity index (χ0n) is 11.5. The van der Waals surface area contributed by atoms with Gasteiger partial charge in [-0.3, -0.25) is 9.69 Å². The zero-order chi connectivity index (χ0) is 14.4. The molecular weight excluding hydrogens is 276 g/mol. The second-order valence-electron chi connectivity index (χ2n) is 5.18. The summed E-state index contributed by atoms with van der Waals surface area (Å²) in [5.41, 5.74) is 1.03. The highest BCUT2D eigenvalue weighted by Crippen LogP contribution is 2.24. The molecule has 1 aromatic carbocycles. The Kier molecular flexibility index (Phi) is 5.83. The van der Waals surface area contributed by atoms with Gasteiger partial charge in [0.05, 0.1) is 13.2 Å². The number of carbonyl (C=O) groups excluding carboxylic acids is 1. The van der Waals surface area contributed by atoms with Crippen molar-refractivity contribution in [2.75, 3.05) is 19.7 Å². The molecule has 0 unspecified atom stereocenters. The van der Waals surface area contributed by atoms with Gasteiger partial charge in [0.25, 0.3) is 0 Å². The summed E-state index contributed by atoms with van der Waals surface area (Å²) in [5.74, 6) is 0.000278. The fraction of sp³-hybridized carbons (Fsp3) is 0.533. The number of rotatable bonds is 7. The van der Waals surface area contributed by atoms with E-state index in [1.165, 1.54) is 6.42 Å². The molecule has 1 saturated carbocycles. The summed E-state index contributed by atoms with van der Waals surface area (Å²) in [5, 5.41) is 12.7. The van der Waals surface area contributed by atoms with Crippen LogP contribution >= 0.6 is 11.6 Å². The van der Waals surface area contributed by atoms with E-state index in [-0.39, 0.29) is 12.5 Å². The number of nitrogens with one attached hydrogen (secondary N) is 1. The minimum absolute atomic E-state index is 0.000278. The van der Waals surface area contributed by atoms with Crippen molar-refractivity contribution >= 4 is 17.5 Å². The lowest BCUT2D eigenvalue weighted by atomic mass is 9.91. The molecule has 2 rings (SSSR count). The maximum atomic E-state index is 12.0. The normalized spacial score (nSPS) is 15.2. The molecule has 0 heterocycles. The molecule has 2 N–H and O–H groups in total. The van der Waals surface area contributed by atoms with Gasteiger partial charge >= 0.3 is 0 Å². The maximum absolute atomic E-state index is 12.0. The molecule has 5 heteroatoms. The first-order valence-electron chi connectivity index (χ1n) is 7.05. The fourth-order valence-corrected chi connectivity index (χ4v) is 2.44. The maximum Gasteiger partial charge on any atom is 0.234 e. The number of benzene rings is 1. The molecule has 1 aliphatic rings. The highest BCUT2D eigenvalue weighted by molar-refractivity contribution is 6.30. The molecule has 0 atom stereocenters. The zero-order valence-corrected chi connectivity index (χ0v) is 12.3. The van der Waals surface area contributed by atoms with Crippen LogP contribution in [0.2, 0.25) is 5.02 Å². The summed E-state index contributed by atoms with van der Waals surface area (Å²) in [6.07, 6.45) is 3.48. The third-order valence-corrected chi connectivity index (χ3v) is 3.98. The second kappa shape index (κ2) is 7.62. The number of hydrogen-bond donors (Lipinski definition) is 2. The Morgan fingerprint density at radius 3 is 2.60 bits per heavy atom. The SMILES string of the molecule is O=C(CN(CCO)C1CCC1)NCc1ccc(Cl)cc1. The van der Waals surface area contributed by atoms with E-state index >= 15 is 0 Å². The molecule has 0 aliphatic heterocycles. The average Bonchev–Trinajstić information content (AvgIpc) is 2.36. The summed E-state index contributed by atoms with van der Waals surface area (Å²) >= 11 is 5.82. The minimum atomic E-state index is 0.000278. The predicted octanol–water partition coefficient (Wildman–Crippen LogP) is 1.80. The van der Waals surface area contributed by atoms with Crippen LogP contribution in [0.25, 0.3) is 0 Å². The summed E-state index contributed by atoms with van der Waals surface area (Å²) in [7, 11) is 0. The third-order valence-electron chi connectivity index (χ3n) is 3.73. The monoisotopic (exact) mass is 296 g/mol. The Balaban J connectivity index is 1.77. The van der Waals surface area contributed by atoms with E-state index in [2.05, 4.69) is 10.2 Å². The van der Waals surface area contributed by atoms with Crippen LogP contribution in [-0.2, 0) is 11.3 Å². The van der Waals surface area contributed by atoms with Crippen molar-refractivity contribution in [1.29, 1.82) is 0 Å². The highest BCUT2D eigenvalue weighted by atomic mass is 35.5. The fourth-order valence-electron chi connectivity index (χ4n) is 2.31. The number of nitrogens with zero attached hydrogens (tertiary/aromatic N) is 1. The molecule has 20 heavy (non-hydrogen) atoms.